The normalized spacial score (nSPS) is 18.0. The van der Waals surface area contributed by atoms with Gasteiger partial charge in [-0.25, -0.2) is 14.6 Å². The predicted molar refractivity (Wildman–Crippen MR) is 173 cm³/mol. The van der Waals surface area contributed by atoms with Crippen LogP contribution in [0, 0.1) is 0 Å². The number of phenols is 1. The SMILES string of the molecule is CC(C)(O/N=C(/C(=O)N[C@@H]1C(=O)N2C(C(=O)O)=C(CSc3nc(N)cc(N)[n+]3-c3ccc(O)cc3)CS[C@H]12)c1csc(N)n1)C(=O)O. The van der Waals surface area contributed by atoms with Crippen LogP contribution in [0.2, 0.25) is 0 Å². The van der Waals surface area contributed by atoms with Crippen LogP contribution >= 0.6 is 34.9 Å². The maximum absolute atomic E-state index is 13.3. The number of carboxylic acid groups (broad SMARTS) is 2. The van der Waals surface area contributed by atoms with Gasteiger partial charge in [0.05, 0.1) is 6.07 Å². The number of carboxylic acids is 2. The topological polar surface area (TPSA) is 274 Å². The lowest BCUT2D eigenvalue weighted by Crippen LogP contribution is -2.71. The molecule has 0 spiro atoms. The van der Waals surface area contributed by atoms with Gasteiger partial charge in [0.15, 0.2) is 10.8 Å². The quantitative estimate of drug-likeness (QED) is 0.0355. The first-order valence-corrected chi connectivity index (χ1v) is 16.4. The molecule has 0 saturated carbocycles. The van der Waals surface area contributed by atoms with E-state index in [1.54, 1.807) is 16.7 Å². The van der Waals surface area contributed by atoms with Crippen molar-refractivity contribution in [2.45, 2.75) is 36.0 Å². The lowest BCUT2D eigenvalue weighted by Gasteiger charge is -2.49. The van der Waals surface area contributed by atoms with Gasteiger partial charge in [0.25, 0.3) is 11.8 Å². The molecule has 2 aromatic heterocycles. The number of carbonyl (C=O) groups excluding carboxylic acids is 2. The summed E-state index contributed by atoms with van der Waals surface area (Å²) in [6.07, 6.45) is 0. The summed E-state index contributed by atoms with van der Waals surface area (Å²) < 4.78 is 1.59. The largest absolute Gasteiger partial charge is 0.508 e. The van der Waals surface area contributed by atoms with E-state index >= 15 is 0 Å². The summed E-state index contributed by atoms with van der Waals surface area (Å²) in [6, 6.07) is 6.55. The summed E-state index contributed by atoms with van der Waals surface area (Å²) in [6.45, 7) is 2.46. The van der Waals surface area contributed by atoms with Crippen LogP contribution in [0.25, 0.3) is 5.69 Å². The zero-order valence-electron chi connectivity index (χ0n) is 24.6. The van der Waals surface area contributed by atoms with E-state index in [1.165, 1.54) is 49.2 Å². The summed E-state index contributed by atoms with van der Waals surface area (Å²) in [5.41, 5.74) is 16.4. The molecule has 10 N–H and O–H groups in total. The maximum atomic E-state index is 13.3. The second-order valence-electron chi connectivity index (χ2n) is 10.6. The Morgan fingerprint density at radius 3 is 2.51 bits per heavy atom. The second kappa shape index (κ2) is 13.0. The zero-order valence-corrected chi connectivity index (χ0v) is 27.1. The van der Waals surface area contributed by atoms with E-state index in [1.807, 2.05) is 0 Å². The number of benzene rings is 1. The molecule has 4 heterocycles. The first kappa shape index (κ1) is 33.3. The van der Waals surface area contributed by atoms with Crippen LogP contribution in [-0.4, -0.2) is 88.2 Å². The van der Waals surface area contributed by atoms with Crippen molar-refractivity contribution < 1.29 is 43.9 Å². The Kier molecular flexibility index (Phi) is 9.18. The molecule has 17 nitrogen and oxygen atoms in total. The van der Waals surface area contributed by atoms with E-state index in [0.29, 0.717) is 16.4 Å². The van der Waals surface area contributed by atoms with Crippen molar-refractivity contribution in [3.63, 3.8) is 0 Å². The number of hydrogen-bond donors (Lipinski definition) is 7. The molecule has 2 aliphatic rings. The van der Waals surface area contributed by atoms with E-state index in [0.717, 1.165) is 28.0 Å². The number of thioether (sulfide) groups is 2. The Balaban J connectivity index is 1.36. The van der Waals surface area contributed by atoms with E-state index in [9.17, 15) is 34.5 Å². The number of hydrogen-bond acceptors (Lipinski definition) is 15. The van der Waals surface area contributed by atoms with Crippen LogP contribution in [0.15, 0.2) is 57.3 Å². The number of nitrogen functional groups attached to an aromatic ring is 3. The van der Waals surface area contributed by atoms with Crippen molar-refractivity contribution in [1.29, 1.82) is 0 Å². The number of nitrogens with two attached hydrogens (primary N) is 3. The third-order valence-corrected chi connectivity index (χ3v) is 9.89. The first-order chi connectivity index (χ1) is 22.2. The van der Waals surface area contributed by atoms with Gasteiger partial charge in [-0.2, -0.15) is 4.57 Å². The van der Waals surface area contributed by atoms with Crippen LogP contribution in [0.3, 0.4) is 0 Å². The molecule has 2 amide bonds. The number of nitrogens with one attached hydrogen (secondary N) is 1. The Morgan fingerprint density at radius 1 is 1.19 bits per heavy atom. The maximum Gasteiger partial charge on any atom is 0.352 e. The van der Waals surface area contributed by atoms with E-state index in [-0.39, 0.29) is 45.4 Å². The zero-order chi connectivity index (χ0) is 34.2. The molecule has 0 radical (unpaired) electrons. The molecule has 1 saturated heterocycles. The van der Waals surface area contributed by atoms with Gasteiger partial charge in [0, 0.05) is 16.9 Å². The number of β-lactam (4-membered cyclic amide) rings is 1. The highest BCUT2D eigenvalue weighted by molar-refractivity contribution is 8.01. The third-order valence-electron chi connectivity index (χ3n) is 6.85. The molecule has 3 aromatic rings. The van der Waals surface area contributed by atoms with Crippen LogP contribution < -0.4 is 27.1 Å². The van der Waals surface area contributed by atoms with Gasteiger partial charge in [-0.15, -0.1) is 23.1 Å². The third kappa shape index (κ3) is 6.74. The summed E-state index contributed by atoms with van der Waals surface area (Å²) in [5.74, 6) is -3.49. The number of thiazole rings is 1. The molecule has 0 unspecified atom stereocenters. The van der Waals surface area contributed by atoms with Crippen molar-refractivity contribution in [1.82, 2.24) is 20.2 Å². The highest BCUT2D eigenvalue weighted by Crippen LogP contribution is 2.41. The standard InChI is InChI=1S/C27H27N9O8S3/c1-27(2,24(42)43)44-34-17(14-10-46-25(30)31-14)20(38)33-18-21(39)36-19(23(40)41)11(8-45-22(18)36)9-47-26-32-15(28)7-16(29)35(26)12-3-5-13(37)6-4-12/h3-7,10,18,22H,8-9H2,1-2H3,(H9,28,29,30,31,33,37,38,40,41,42,43)/p+1/b34-17+/t18-,22-/m1/s1. The fourth-order valence-electron chi connectivity index (χ4n) is 4.43. The lowest BCUT2D eigenvalue weighted by molar-refractivity contribution is -0.626. The molecular formula is C27H28N9O8S3+. The molecule has 1 aromatic carbocycles. The van der Waals surface area contributed by atoms with Gasteiger partial charge in [-0.05, 0) is 55.4 Å². The Morgan fingerprint density at radius 2 is 1.89 bits per heavy atom. The molecule has 20 heteroatoms. The van der Waals surface area contributed by atoms with Crippen LogP contribution in [0.1, 0.15) is 19.5 Å². The van der Waals surface area contributed by atoms with Crippen molar-refractivity contribution >= 4 is 81.1 Å². The molecule has 1 fully saturated rings. The minimum absolute atomic E-state index is 0.00288. The number of fused-ring (bicyclic) bond motifs is 1. The van der Waals surface area contributed by atoms with Crippen LogP contribution in [0.4, 0.5) is 16.8 Å². The van der Waals surface area contributed by atoms with Crippen molar-refractivity contribution in [3.05, 3.63) is 52.7 Å². The highest BCUT2D eigenvalue weighted by Gasteiger charge is 2.54. The van der Waals surface area contributed by atoms with Crippen LogP contribution in [0.5, 0.6) is 5.75 Å². The van der Waals surface area contributed by atoms with E-state index < -0.39 is 46.5 Å². The first-order valence-electron chi connectivity index (χ1n) is 13.5. The molecule has 5 rings (SSSR count). The number of aromatic hydroxyl groups is 1. The highest BCUT2D eigenvalue weighted by atomic mass is 32.2. The van der Waals surface area contributed by atoms with Crippen molar-refractivity contribution in [2.24, 2.45) is 5.16 Å². The van der Waals surface area contributed by atoms with Gasteiger partial charge in [-0.1, -0.05) is 10.1 Å². The number of rotatable bonds is 11. The van der Waals surface area contributed by atoms with E-state index in [4.69, 9.17) is 22.0 Å². The summed E-state index contributed by atoms with van der Waals surface area (Å²) in [7, 11) is 0. The minimum atomic E-state index is -1.79. The fourth-order valence-corrected chi connectivity index (χ4v) is 7.51. The number of phenolic OH excluding ortho intramolecular Hbond substituents is 1. The number of aliphatic carboxylic acids is 2. The Hall–Kier alpha value is -5.08. The summed E-state index contributed by atoms with van der Waals surface area (Å²) in [5, 5.41) is 36.6. The predicted octanol–water partition coefficient (Wildman–Crippen LogP) is 0.382. The Bertz CT molecular complexity index is 1840. The van der Waals surface area contributed by atoms with Gasteiger partial charge in [0.1, 0.15) is 34.2 Å². The molecule has 0 bridgehead atoms. The number of carbonyl (C=O) groups is 4. The van der Waals surface area contributed by atoms with Crippen LogP contribution in [-0.2, 0) is 24.0 Å². The van der Waals surface area contributed by atoms with Gasteiger partial charge >= 0.3 is 17.1 Å². The van der Waals surface area contributed by atoms with Gasteiger partial charge in [-0.3, -0.25) is 14.5 Å². The monoisotopic (exact) mass is 702 g/mol. The second-order valence-corrected chi connectivity index (χ2v) is 13.5. The number of aromatic nitrogens is 3. The summed E-state index contributed by atoms with van der Waals surface area (Å²) >= 11 is 3.40. The Labute approximate surface area is 278 Å². The average Bonchev–Trinajstić information content (AvgIpc) is 3.44. The number of amides is 2. The number of anilines is 3. The fraction of sp³-hybridized carbons (Fsp3) is 0.259. The smallest absolute Gasteiger partial charge is 0.352 e. The molecule has 47 heavy (non-hydrogen) atoms. The molecule has 2 aliphatic heterocycles. The van der Waals surface area contributed by atoms with Crippen molar-refractivity contribution in [3.8, 4) is 11.4 Å². The molecule has 246 valence electrons. The molecule has 2 atom stereocenters. The molecule has 0 aliphatic carbocycles. The average molecular weight is 703 g/mol. The number of nitrogens with zero attached hydrogens (tertiary/aromatic N) is 5. The van der Waals surface area contributed by atoms with E-state index in [2.05, 4.69) is 20.4 Å². The van der Waals surface area contributed by atoms with Gasteiger partial charge < -0.3 is 42.7 Å². The summed E-state index contributed by atoms with van der Waals surface area (Å²) in [4.78, 5) is 65.2. The van der Waals surface area contributed by atoms with Gasteiger partial charge in [0.2, 0.25) is 17.2 Å². The minimum Gasteiger partial charge on any atom is -0.508 e. The molecular weight excluding hydrogens is 675 g/mol. The number of oxime groups is 1. The lowest BCUT2D eigenvalue weighted by atomic mass is 10.0. The van der Waals surface area contributed by atoms with Crippen molar-refractivity contribution in [2.75, 3.05) is 28.7 Å².